The van der Waals surface area contributed by atoms with Gasteiger partial charge in [0.25, 0.3) is 0 Å². The summed E-state index contributed by atoms with van der Waals surface area (Å²) in [5.41, 5.74) is 1.18. The van der Waals surface area contributed by atoms with Crippen LogP contribution in [0.4, 0.5) is 0 Å². The Morgan fingerprint density at radius 1 is 1.14 bits per heavy atom. The predicted molar refractivity (Wildman–Crippen MR) is 95.9 cm³/mol. The first-order valence-corrected chi connectivity index (χ1v) is 8.37. The summed E-state index contributed by atoms with van der Waals surface area (Å²) in [6.45, 7) is 6.15. The highest BCUT2D eigenvalue weighted by atomic mass is 79.9. The molecule has 0 amide bonds. The molecule has 0 radical (unpaired) electrons. The molecule has 0 spiro atoms. The number of nitrogens with zero attached hydrogens (tertiary/aromatic N) is 2. The Balaban J connectivity index is 2.30. The second-order valence-corrected chi connectivity index (χ2v) is 7.56. The number of benzene rings is 1. The third-order valence-corrected chi connectivity index (χ3v) is 4.28. The van der Waals surface area contributed by atoms with Crippen LogP contribution >= 0.6 is 31.9 Å². The van der Waals surface area contributed by atoms with E-state index in [1.807, 2.05) is 18.2 Å². The van der Waals surface area contributed by atoms with Crippen LogP contribution < -0.4 is 0 Å². The van der Waals surface area contributed by atoms with Crippen LogP contribution in [0.15, 0.2) is 45.5 Å². The van der Waals surface area contributed by atoms with E-state index in [1.165, 1.54) is 6.08 Å². The quantitative estimate of drug-likeness (QED) is 0.503. The van der Waals surface area contributed by atoms with Crippen LogP contribution in [0.1, 0.15) is 42.6 Å². The second-order valence-electron chi connectivity index (χ2n) is 5.85. The van der Waals surface area contributed by atoms with E-state index in [4.69, 9.17) is 0 Å². The molecule has 0 saturated carbocycles. The predicted octanol–water partition coefficient (Wildman–Crippen LogP) is 5.20. The summed E-state index contributed by atoms with van der Waals surface area (Å²) in [4.78, 5) is 21.1. The van der Waals surface area contributed by atoms with Crippen molar-refractivity contribution in [3.8, 4) is 0 Å². The van der Waals surface area contributed by atoms with E-state index in [1.54, 1.807) is 18.3 Å². The van der Waals surface area contributed by atoms with Crippen LogP contribution in [0.3, 0.4) is 0 Å². The molecule has 22 heavy (non-hydrogen) atoms. The molecule has 1 heterocycles. The lowest BCUT2D eigenvalue weighted by Gasteiger charge is -2.16. The number of halogens is 2. The van der Waals surface area contributed by atoms with E-state index < -0.39 is 0 Å². The van der Waals surface area contributed by atoms with E-state index in [0.717, 1.165) is 14.8 Å². The number of aromatic nitrogens is 2. The molecule has 0 atom stereocenters. The maximum absolute atomic E-state index is 12.3. The monoisotopic (exact) mass is 422 g/mol. The standard InChI is InChI=1S/C17H16Br2N2O/c1-17(2,3)16-20-10-13(19)14(21-16)8-9-15(22)11-6-4-5-7-12(11)18/h4-10H,1-3H3/b9-8+. The highest BCUT2D eigenvalue weighted by Crippen LogP contribution is 2.23. The van der Waals surface area contributed by atoms with Crippen molar-refractivity contribution in [2.45, 2.75) is 26.2 Å². The third kappa shape index (κ3) is 4.11. The lowest BCUT2D eigenvalue weighted by Crippen LogP contribution is -2.16. The van der Waals surface area contributed by atoms with Gasteiger partial charge in [-0.1, -0.05) is 48.8 Å². The van der Waals surface area contributed by atoms with Gasteiger partial charge in [0.15, 0.2) is 5.78 Å². The molecular formula is C17H16Br2N2O. The molecule has 0 aliphatic heterocycles. The van der Waals surface area contributed by atoms with Crippen molar-refractivity contribution in [1.82, 2.24) is 9.97 Å². The van der Waals surface area contributed by atoms with Crippen molar-refractivity contribution in [2.75, 3.05) is 0 Å². The molecule has 0 saturated heterocycles. The summed E-state index contributed by atoms with van der Waals surface area (Å²) in [7, 11) is 0. The fourth-order valence-electron chi connectivity index (χ4n) is 1.76. The van der Waals surface area contributed by atoms with Crippen LogP contribution in [0.2, 0.25) is 0 Å². The molecule has 0 unspecified atom stereocenters. The summed E-state index contributed by atoms with van der Waals surface area (Å²) in [5, 5.41) is 0. The lowest BCUT2D eigenvalue weighted by molar-refractivity contribution is 0.104. The van der Waals surface area contributed by atoms with E-state index >= 15 is 0 Å². The molecular weight excluding hydrogens is 408 g/mol. The maximum Gasteiger partial charge on any atom is 0.187 e. The van der Waals surface area contributed by atoms with Crippen molar-refractivity contribution in [1.29, 1.82) is 0 Å². The molecule has 0 aliphatic rings. The van der Waals surface area contributed by atoms with Gasteiger partial charge in [-0.15, -0.1) is 0 Å². The molecule has 1 aromatic carbocycles. The molecule has 0 aliphatic carbocycles. The van der Waals surface area contributed by atoms with Crippen LogP contribution in [0.5, 0.6) is 0 Å². The maximum atomic E-state index is 12.3. The molecule has 1 aromatic heterocycles. The number of allylic oxidation sites excluding steroid dienone is 1. The third-order valence-electron chi connectivity index (χ3n) is 2.97. The van der Waals surface area contributed by atoms with Crippen molar-refractivity contribution >= 4 is 43.7 Å². The molecule has 2 aromatic rings. The van der Waals surface area contributed by atoms with Gasteiger partial charge in [0.1, 0.15) is 5.82 Å². The summed E-state index contributed by atoms with van der Waals surface area (Å²) >= 11 is 6.81. The van der Waals surface area contributed by atoms with Gasteiger partial charge in [0, 0.05) is 21.6 Å². The minimum atomic E-state index is -0.143. The largest absolute Gasteiger partial charge is 0.289 e. The molecule has 114 valence electrons. The average Bonchev–Trinajstić information content (AvgIpc) is 2.45. The van der Waals surface area contributed by atoms with Crippen LogP contribution in [-0.2, 0) is 5.41 Å². The normalized spacial score (nSPS) is 11.9. The molecule has 0 N–H and O–H groups in total. The fourth-order valence-corrected chi connectivity index (χ4v) is 2.57. The van der Waals surface area contributed by atoms with Crippen LogP contribution in [-0.4, -0.2) is 15.8 Å². The fraction of sp³-hybridized carbons (Fsp3) is 0.235. The minimum Gasteiger partial charge on any atom is -0.289 e. The smallest absolute Gasteiger partial charge is 0.187 e. The van der Waals surface area contributed by atoms with Gasteiger partial charge < -0.3 is 0 Å². The van der Waals surface area contributed by atoms with Gasteiger partial charge in [-0.05, 0) is 40.2 Å². The summed E-state index contributed by atoms with van der Waals surface area (Å²) in [6.07, 6.45) is 4.96. The van der Waals surface area contributed by atoms with Crippen LogP contribution in [0.25, 0.3) is 6.08 Å². The number of carbonyl (C=O) groups excluding carboxylic acids is 1. The zero-order valence-electron chi connectivity index (χ0n) is 12.6. The molecule has 0 fully saturated rings. The second kappa shape index (κ2) is 6.84. The Labute approximate surface area is 147 Å². The van der Waals surface area contributed by atoms with E-state index in [-0.39, 0.29) is 11.2 Å². The highest BCUT2D eigenvalue weighted by molar-refractivity contribution is 9.10. The van der Waals surface area contributed by atoms with Crippen molar-refractivity contribution < 1.29 is 4.79 Å². The Hall–Kier alpha value is -1.33. The Morgan fingerprint density at radius 2 is 1.82 bits per heavy atom. The molecule has 3 nitrogen and oxygen atoms in total. The van der Waals surface area contributed by atoms with E-state index in [0.29, 0.717) is 11.3 Å². The van der Waals surface area contributed by atoms with Crippen molar-refractivity contribution in [2.24, 2.45) is 0 Å². The molecule has 0 bridgehead atoms. The lowest BCUT2D eigenvalue weighted by atomic mass is 9.95. The first-order chi connectivity index (χ1) is 10.3. The topological polar surface area (TPSA) is 42.9 Å². The average molecular weight is 424 g/mol. The van der Waals surface area contributed by atoms with Crippen molar-refractivity contribution in [3.05, 3.63) is 62.6 Å². The minimum absolute atomic E-state index is 0.0738. The summed E-state index contributed by atoms with van der Waals surface area (Å²) in [5.74, 6) is 0.666. The van der Waals surface area contributed by atoms with Gasteiger partial charge in [-0.2, -0.15) is 0 Å². The SMILES string of the molecule is CC(C)(C)c1ncc(Br)c(/C=C/C(=O)c2ccccc2Br)n1. The summed E-state index contributed by atoms with van der Waals surface area (Å²) < 4.78 is 1.54. The summed E-state index contributed by atoms with van der Waals surface area (Å²) in [6, 6.07) is 7.34. The van der Waals surface area contributed by atoms with Gasteiger partial charge in [0.05, 0.1) is 10.2 Å². The number of hydrogen-bond acceptors (Lipinski definition) is 3. The van der Waals surface area contributed by atoms with Gasteiger partial charge in [-0.3, -0.25) is 4.79 Å². The van der Waals surface area contributed by atoms with E-state index in [9.17, 15) is 4.79 Å². The Bertz CT molecular complexity index is 734. The number of hydrogen-bond donors (Lipinski definition) is 0. The van der Waals surface area contributed by atoms with Crippen molar-refractivity contribution in [3.63, 3.8) is 0 Å². The zero-order valence-corrected chi connectivity index (χ0v) is 15.8. The van der Waals surface area contributed by atoms with Gasteiger partial charge in [-0.25, -0.2) is 9.97 Å². The number of ketones is 1. The zero-order chi connectivity index (χ0) is 16.3. The van der Waals surface area contributed by atoms with E-state index in [2.05, 4.69) is 62.6 Å². The van der Waals surface area contributed by atoms with Gasteiger partial charge >= 0.3 is 0 Å². The number of rotatable bonds is 3. The first-order valence-electron chi connectivity index (χ1n) is 6.79. The first kappa shape index (κ1) is 17.0. The van der Waals surface area contributed by atoms with Crippen LogP contribution in [0, 0.1) is 0 Å². The Morgan fingerprint density at radius 3 is 2.45 bits per heavy atom. The molecule has 2 rings (SSSR count). The Kier molecular flexibility index (Phi) is 5.29. The highest BCUT2D eigenvalue weighted by Gasteiger charge is 2.18. The number of carbonyl (C=O) groups is 1. The molecule has 5 heteroatoms. The van der Waals surface area contributed by atoms with Gasteiger partial charge in [0.2, 0.25) is 0 Å².